The van der Waals surface area contributed by atoms with Gasteiger partial charge in [-0.3, -0.25) is 24.4 Å². The Kier molecular flexibility index (Phi) is 5.16. The van der Waals surface area contributed by atoms with Gasteiger partial charge in [0, 0.05) is 30.3 Å². The summed E-state index contributed by atoms with van der Waals surface area (Å²) in [5.41, 5.74) is 3.75. The van der Waals surface area contributed by atoms with Crippen molar-refractivity contribution < 1.29 is 9.72 Å². The fourth-order valence-corrected chi connectivity index (χ4v) is 2.77. The van der Waals surface area contributed by atoms with E-state index < -0.39 is 10.8 Å². The molecular formula is C19H17N5O4. The molecule has 0 unspecified atom stereocenters. The number of carbonyl (C=O) groups is 1. The van der Waals surface area contributed by atoms with Crippen LogP contribution in [0.5, 0.6) is 0 Å². The van der Waals surface area contributed by atoms with Gasteiger partial charge in [0.05, 0.1) is 22.5 Å². The summed E-state index contributed by atoms with van der Waals surface area (Å²) in [6.07, 6.45) is 1.37. The number of non-ortho nitro benzene ring substituents is 1. The maximum atomic E-state index is 12.6. The van der Waals surface area contributed by atoms with Crippen LogP contribution in [0.1, 0.15) is 21.6 Å². The minimum atomic E-state index is -0.593. The fourth-order valence-electron chi connectivity index (χ4n) is 2.77. The molecule has 2 aromatic carbocycles. The van der Waals surface area contributed by atoms with Crippen molar-refractivity contribution in [2.45, 2.75) is 6.92 Å². The van der Waals surface area contributed by atoms with E-state index in [1.165, 1.54) is 29.1 Å². The van der Waals surface area contributed by atoms with Crippen molar-refractivity contribution in [3.63, 3.8) is 0 Å². The van der Waals surface area contributed by atoms with Crippen molar-refractivity contribution in [2.75, 3.05) is 0 Å². The molecule has 0 atom stereocenters. The number of hydrazone groups is 1. The third kappa shape index (κ3) is 3.58. The molecule has 1 heterocycles. The van der Waals surface area contributed by atoms with Gasteiger partial charge in [0.1, 0.15) is 0 Å². The van der Waals surface area contributed by atoms with E-state index in [9.17, 15) is 19.7 Å². The second kappa shape index (κ2) is 7.70. The number of benzene rings is 2. The standard InChI is InChI=1S/C19H17N5O4/c1-13-17(22(2)23(19(13)26)15-8-4-3-5-9-15)12-20-21-18(25)14-7-6-10-16(11-14)24(27)28/h3-12H,1-2H3,(H,21,25)/b20-12-. The molecular weight excluding hydrogens is 362 g/mol. The molecule has 0 aliphatic carbocycles. The normalized spacial score (nSPS) is 10.9. The summed E-state index contributed by atoms with van der Waals surface area (Å²) < 4.78 is 3.13. The number of hydrogen-bond acceptors (Lipinski definition) is 5. The second-order valence-corrected chi connectivity index (χ2v) is 5.99. The van der Waals surface area contributed by atoms with Gasteiger partial charge < -0.3 is 0 Å². The lowest BCUT2D eigenvalue weighted by atomic mass is 10.2. The van der Waals surface area contributed by atoms with Crippen LogP contribution in [0, 0.1) is 17.0 Å². The van der Waals surface area contributed by atoms with Crippen LogP contribution < -0.4 is 11.0 Å². The number of para-hydroxylation sites is 1. The summed E-state index contributed by atoms with van der Waals surface area (Å²) in [4.78, 5) is 34.9. The van der Waals surface area contributed by atoms with Crippen LogP contribution in [0.3, 0.4) is 0 Å². The number of hydrogen-bond donors (Lipinski definition) is 1. The van der Waals surface area contributed by atoms with Gasteiger partial charge in [-0.25, -0.2) is 10.1 Å². The van der Waals surface area contributed by atoms with Gasteiger partial charge in [-0.05, 0) is 25.1 Å². The first-order valence-corrected chi connectivity index (χ1v) is 8.32. The maximum absolute atomic E-state index is 12.6. The van der Waals surface area contributed by atoms with Gasteiger partial charge in [-0.2, -0.15) is 5.10 Å². The lowest BCUT2D eigenvalue weighted by Crippen LogP contribution is -2.20. The molecule has 0 spiro atoms. The predicted molar refractivity (Wildman–Crippen MR) is 104 cm³/mol. The van der Waals surface area contributed by atoms with Gasteiger partial charge in [0.15, 0.2) is 0 Å². The highest BCUT2D eigenvalue weighted by Crippen LogP contribution is 2.13. The largest absolute Gasteiger partial charge is 0.279 e. The minimum Gasteiger partial charge on any atom is -0.279 e. The molecule has 0 saturated heterocycles. The highest BCUT2D eigenvalue weighted by molar-refractivity contribution is 5.95. The summed E-state index contributed by atoms with van der Waals surface area (Å²) in [6, 6.07) is 14.5. The molecule has 3 aromatic rings. The monoisotopic (exact) mass is 379 g/mol. The number of nitro groups is 1. The molecule has 0 aliphatic heterocycles. The van der Waals surface area contributed by atoms with Crippen LogP contribution in [0.15, 0.2) is 64.5 Å². The number of amides is 1. The average molecular weight is 379 g/mol. The van der Waals surface area contributed by atoms with Crippen LogP contribution in [0.4, 0.5) is 5.69 Å². The Morgan fingerprint density at radius 2 is 1.89 bits per heavy atom. The Balaban J connectivity index is 1.84. The number of rotatable bonds is 5. The van der Waals surface area contributed by atoms with E-state index in [1.54, 1.807) is 18.7 Å². The zero-order valence-electron chi connectivity index (χ0n) is 15.2. The first-order chi connectivity index (χ1) is 13.4. The molecule has 0 bridgehead atoms. The van der Waals surface area contributed by atoms with E-state index in [0.29, 0.717) is 16.9 Å². The molecule has 1 amide bonds. The first kappa shape index (κ1) is 18.8. The number of aromatic nitrogens is 2. The Labute approximate surface area is 159 Å². The number of carbonyl (C=O) groups excluding carboxylic acids is 1. The van der Waals surface area contributed by atoms with Gasteiger partial charge >= 0.3 is 0 Å². The molecule has 9 heteroatoms. The van der Waals surface area contributed by atoms with Gasteiger partial charge in [0.2, 0.25) is 0 Å². The van der Waals surface area contributed by atoms with Crippen molar-refractivity contribution >= 4 is 17.8 Å². The molecule has 0 saturated carbocycles. The molecule has 0 radical (unpaired) electrons. The molecule has 3 rings (SSSR count). The molecule has 1 N–H and O–H groups in total. The average Bonchev–Trinajstić information content (AvgIpc) is 2.91. The first-order valence-electron chi connectivity index (χ1n) is 8.32. The Bertz CT molecular complexity index is 1130. The molecule has 28 heavy (non-hydrogen) atoms. The topological polar surface area (TPSA) is 112 Å². The highest BCUT2D eigenvalue weighted by Gasteiger charge is 2.15. The third-order valence-corrected chi connectivity index (χ3v) is 4.22. The predicted octanol–water partition coefficient (Wildman–Crippen LogP) is 2.16. The fraction of sp³-hybridized carbons (Fsp3) is 0.105. The van der Waals surface area contributed by atoms with Crippen molar-refractivity contribution in [3.05, 3.63) is 91.9 Å². The van der Waals surface area contributed by atoms with E-state index in [-0.39, 0.29) is 16.8 Å². The van der Waals surface area contributed by atoms with E-state index in [0.717, 1.165) is 6.07 Å². The van der Waals surface area contributed by atoms with Gasteiger partial charge in [0.25, 0.3) is 17.2 Å². The Morgan fingerprint density at radius 1 is 1.18 bits per heavy atom. The summed E-state index contributed by atoms with van der Waals surface area (Å²) >= 11 is 0. The van der Waals surface area contributed by atoms with Crippen LogP contribution in [-0.2, 0) is 7.05 Å². The lowest BCUT2D eigenvalue weighted by Gasteiger charge is -2.08. The van der Waals surface area contributed by atoms with E-state index >= 15 is 0 Å². The summed E-state index contributed by atoms with van der Waals surface area (Å²) in [6.45, 7) is 1.67. The third-order valence-electron chi connectivity index (χ3n) is 4.22. The van der Waals surface area contributed by atoms with Crippen LogP contribution in [-0.4, -0.2) is 26.4 Å². The highest BCUT2D eigenvalue weighted by atomic mass is 16.6. The second-order valence-electron chi connectivity index (χ2n) is 5.99. The van der Waals surface area contributed by atoms with E-state index in [4.69, 9.17) is 0 Å². The van der Waals surface area contributed by atoms with E-state index in [2.05, 4.69) is 10.5 Å². The number of nitro benzene ring substituents is 1. The van der Waals surface area contributed by atoms with Crippen LogP contribution in [0.2, 0.25) is 0 Å². The van der Waals surface area contributed by atoms with Crippen molar-refractivity contribution in [2.24, 2.45) is 12.1 Å². The SMILES string of the molecule is Cc1c(/C=N\NC(=O)c2cccc([N+](=O)[O-])c2)n(C)n(-c2ccccc2)c1=O. The Hall–Kier alpha value is -4.01. The summed E-state index contributed by atoms with van der Waals surface area (Å²) in [5, 5.41) is 14.7. The smallest absolute Gasteiger partial charge is 0.274 e. The Morgan fingerprint density at radius 3 is 2.57 bits per heavy atom. The quantitative estimate of drug-likeness (QED) is 0.416. The summed E-state index contributed by atoms with van der Waals surface area (Å²) in [5.74, 6) is -0.593. The molecule has 142 valence electrons. The van der Waals surface area contributed by atoms with Crippen molar-refractivity contribution in [1.29, 1.82) is 0 Å². The molecule has 0 aliphatic rings. The van der Waals surface area contributed by atoms with Crippen molar-refractivity contribution in [3.8, 4) is 5.69 Å². The number of nitrogens with zero attached hydrogens (tertiary/aromatic N) is 4. The number of nitrogens with one attached hydrogen (secondary N) is 1. The van der Waals surface area contributed by atoms with Gasteiger partial charge in [-0.1, -0.05) is 24.3 Å². The maximum Gasteiger partial charge on any atom is 0.274 e. The van der Waals surface area contributed by atoms with Crippen LogP contribution in [0.25, 0.3) is 5.69 Å². The lowest BCUT2D eigenvalue weighted by molar-refractivity contribution is -0.384. The minimum absolute atomic E-state index is 0.110. The van der Waals surface area contributed by atoms with Crippen molar-refractivity contribution in [1.82, 2.24) is 14.8 Å². The zero-order chi connectivity index (χ0) is 20.3. The van der Waals surface area contributed by atoms with Crippen LogP contribution >= 0.6 is 0 Å². The molecule has 9 nitrogen and oxygen atoms in total. The molecule has 0 fully saturated rings. The zero-order valence-corrected chi connectivity index (χ0v) is 15.2. The van der Waals surface area contributed by atoms with Gasteiger partial charge in [-0.15, -0.1) is 0 Å². The summed E-state index contributed by atoms with van der Waals surface area (Å²) in [7, 11) is 1.71. The van der Waals surface area contributed by atoms with E-state index in [1.807, 2.05) is 30.3 Å². The molecule has 1 aromatic heterocycles.